The highest BCUT2D eigenvalue weighted by molar-refractivity contribution is 6.31. The number of fused-ring (bicyclic) bond motifs is 1. The molecule has 0 radical (unpaired) electrons. The van der Waals surface area contributed by atoms with Crippen LogP contribution in [0.15, 0.2) is 42.5 Å². The Balaban J connectivity index is 1.44. The van der Waals surface area contributed by atoms with Gasteiger partial charge in [-0.15, -0.1) is 0 Å². The number of hydrogen-bond donors (Lipinski definition) is 2. The number of carbonyl (C=O) groups excluding carboxylic acids is 2. The van der Waals surface area contributed by atoms with Crippen LogP contribution in [0.4, 0.5) is 5.69 Å². The van der Waals surface area contributed by atoms with E-state index in [9.17, 15) is 9.59 Å². The molecule has 1 atom stereocenters. The van der Waals surface area contributed by atoms with Crippen LogP contribution in [0, 0.1) is 6.92 Å². The minimum atomic E-state index is -0.512. The average molecular weight is 398 g/mol. The van der Waals surface area contributed by atoms with Gasteiger partial charge in [-0.25, -0.2) is 0 Å². The van der Waals surface area contributed by atoms with Gasteiger partial charge in [0.2, 0.25) is 5.91 Å². The summed E-state index contributed by atoms with van der Waals surface area (Å²) < 4.78 is 0. The number of aryl methyl sites for hydroxylation is 1. The van der Waals surface area contributed by atoms with Crippen molar-refractivity contribution in [3.05, 3.63) is 64.2 Å². The topological polar surface area (TPSA) is 61.4 Å². The van der Waals surface area contributed by atoms with Crippen molar-refractivity contribution in [2.24, 2.45) is 0 Å². The molecule has 1 fully saturated rings. The summed E-state index contributed by atoms with van der Waals surface area (Å²) in [4.78, 5) is 27.4. The summed E-state index contributed by atoms with van der Waals surface area (Å²) in [6, 6.07) is 13.4. The van der Waals surface area contributed by atoms with Crippen molar-refractivity contribution in [1.29, 1.82) is 0 Å². The van der Waals surface area contributed by atoms with Gasteiger partial charge in [0.05, 0.1) is 11.5 Å². The van der Waals surface area contributed by atoms with Crippen LogP contribution in [0.1, 0.15) is 47.2 Å². The van der Waals surface area contributed by atoms with Crippen LogP contribution in [0.2, 0.25) is 5.02 Å². The summed E-state index contributed by atoms with van der Waals surface area (Å²) in [5, 5.41) is 7.10. The summed E-state index contributed by atoms with van der Waals surface area (Å²) in [7, 11) is 0. The SMILES string of the molecule is Cc1ccc([C@H](C)C(=O)N2CCC3(CC2)NC(=O)c2cc(Cl)ccc2N3)cc1. The number of carbonyl (C=O) groups is 2. The van der Waals surface area contributed by atoms with Gasteiger partial charge in [-0.2, -0.15) is 0 Å². The molecular formula is C22H24ClN3O2. The fourth-order valence-electron chi connectivity index (χ4n) is 4.02. The number of halogens is 1. The second kappa shape index (κ2) is 7.13. The average Bonchev–Trinajstić information content (AvgIpc) is 2.69. The Hall–Kier alpha value is -2.53. The van der Waals surface area contributed by atoms with E-state index in [2.05, 4.69) is 10.6 Å². The Bertz CT molecular complexity index is 918. The Morgan fingerprint density at radius 1 is 1.11 bits per heavy atom. The predicted octanol–water partition coefficient (Wildman–Crippen LogP) is 3.93. The number of rotatable bonds is 2. The molecule has 6 heteroatoms. The first-order valence-corrected chi connectivity index (χ1v) is 10.0. The third-order valence-electron chi connectivity index (χ3n) is 5.83. The first-order chi connectivity index (χ1) is 13.4. The lowest BCUT2D eigenvalue weighted by molar-refractivity contribution is -0.134. The lowest BCUT2D eigenvalue weighted by Crippen LogP contribution is -2.63. The minimum absolute atomic E-state index is 0.121. The molecule has 0 aliphatic carbocycles. The van der Waals surface area contributed by atoms with Gasteiger partial charge in [0.1, 0.15) is 5.66 Å². The summed E-state index contributed by atoms with van der Waals surface area (Å²) in [5.74, 6) is -0.163. The zero-order valence-electron chi connectivity index (χ0n) is 16.1. The molecule has 146 valence electrons. The Morgan fingerprint density at radius 3 is 2.46 bits per heavy atom. The molecule has 28 heavy (non-hydrogen) atoms. The summed E-state index contributed by atoms with van der Waals surface area (Å²) >= 11 is 6.01. The molecule has 2 heterocycles. The van der Waals surface area contributed by atoms with Gasteiger partial charge in [-0.1, -0.05) is 41.4 Å². The molecule has 0 aromatic heterocycles. The van der Waals surface area contributed by atoms with Crippen molar-refractivity contribution in [2.75, 3.05) is 18.4 Å². The molecular weight excluding hydrogens is 374 g/mol. The van der Waals surface area contributed by atoms with Crippen molar-refractivity contribution in [3.8, 4) is 0 Å². The van der Waals surface area contributed by atoms with E-state index in [0.29, 0.717) is 36.5 Å². The van der Waals surface area contributed by atoms with Crippen LogP contribution >= 0.6 is 11.6 Å². The van der Waals surface area contributed by atoms with E-state index in [-0.39, 0.29) is 17.7 Å². The number of anilines is 1. The Kier molecular flexibility index (Phi) is 4.79. The molecule has 2 N–H and O–H groups in total. The largest absolute Gasteiger partial charge is 0.362 e. The maximum atomic E-state index is 13.0. The van der Waals surface area contributed by atoms with Crippen LogP contribution in [0.5, 0.6) is 0 Å². The van der Waals surface area contributed by atoms with E-state index in [4.69, 9.17) is 11.6 Å². The first kappa shape index (κ1) is 18.8. The van der Waals surface area contributed by atoms with E-state index < -0.39 is 5.66 Å². The standard InChI is InChI=1S/C22H24ClN3O2/c1-14-3-5-16(6-4-14)15(2)21(28)26-11-9-22(10-12-26)24-19-8-7-17(23)13-18(19)20(27)25-22/h3-8,13,15,24H,9-12H2,1-2H3,(H,25,27)/t15-/m0/s1. The lowest BCUT2D eigenvalue weighted by Gasteiger charge is -2.46. The molecule has 2 amide bonds. The minimum Gasteiger partial charge on any atom is -0.362 e. The number of hydrogen-bond acceptors (Lipinski definition) is 3. The second-order valence-corrected chi connectivity index (χ2v) is 8.25. The summed E-state index contributed by atoms with van der Waals surface area (Å²) in [5.41, 5.74) is 3.06. The van der Waals surface area contributed by atoms with Gasteiger partial charge < -0.3 is 15.5 Å². The predicted molar refractivity (Wildman–Crippen MR) is 111 cm³/mol. The third kappa shape index (κ3) is 3.47. The quantitative estimate of drug-likeness (QED) is 0.807. The van der Waals surface area contributed by atoms with Crippen molar-refractivity contribution in [3.63, 3.8) is 0 Å². The van der Waals surface area contributed by atoms with Crippen molar-refractivity contribution in [1.82, 2.24) is 10.2 Å². The van der Waals surface area contributed by atoms with Crippen molar-refractivity contribution < 1.29 is 9.59 Å². The zero-order valence-corrected chi connectivity index (χ0v) is 16.8. The van der Waals surface area contributed by atoms with Crippen LogP contribution in [0.25, 0.3) is 0 Å². The number of amides is 2. The molecule has 0 bridgehead atoms. The van der Waals surface area contributed by atoms with Gasteiger partial charge in [-0.3, -0.25) is 9.59 Å². The van der Waals surface area contributed by atoms with E-state index in [1.54, 1.807) is 12.1 Å². The fraction of sp³-hybridized carbons (Fsp3) is 0.364. The lowest BCUT2D eigenvalue weighted by atomic mass is 9.91. The highest BCUT2D eigenvalue weighted by Gasteiger charge is 2.41. The maximum Gasteiger partial charge on any atom is 0.255 e. The highest BCUT2D eigenvalue weighted by atomic mass is 35.5. The zero-order chi connectivity index (χ0) is 19.9. The van der Waals surface area contributed by atoms with E-state index in [1.807, 2.05) is 49.1 Å². The number of likely N-dealkylation sites (tertiary alicyclic amines) is 1. The van der Waals surface area contributed by atoms with Crippen LogP contribution < -0.4 is 10.6 Å². The van der Waals surface area contributed by atoms with E-state index in [0.717, 1.165) is 11.3 Å². The molecule has 4 rings (SSSR count). The fourth-order valence-corrected chi connectivity index (χ4v) is 4.19. The van der Waals surface area contributed by atoms with Gasteiger partial charge >= 0.3 is 0 Å². The molecule has 2 aromatic rings. The Morgan fingerprint density at radius 2 is 1.79 bits per heavy atom. The smallest absolute Gasteiger partial charge is 0.255 e. The van der Waals surface area contributed by atoms with Gasteiger partial charge in [-0.05, 0) is 37.6 Å². The molecule has 2 aromatic carbocycles. The van der Waals surface area contributed by atoms with Crippen LogP contribution in [-0.2, 0) is 4.79 Å². The monoisotopic (exact) mass is 397 g/mol. The molecule has 5 nitrogen and oxygen atoms in total. The maximum absolute atomic E-state index is 13.0. The number of nitrogens with one attached hydrogen (secondary N) is 2. The normalized spacial score (nSPS) is 18.8. The van der Waals surface area contributed by atoms with E-state index in [1.165, 1.54) is 5.56 Å². The first-order valence-electron chi connectivity index (χ1n) is 9.62. The molecule has 0 saturated carbocycles. The molecule has 0 unspecified atom stereocenters. The highest BCUT2D eigenvalue weighted by Crippen LogP contribution is 2.33. The molecule has 1 spiro atoms. The number of nitrogens with zero attached hydrogens (tertiary/aromatic N) is 1. The Labute approximate surface area is 170 Å². The number of benzene rings is 2. The molecule has 2 aliphatic heterocycles. The van der Waals surface area contributed by atoms with Crippen LogP contribution in [0.3, 0.4) is 0 Å². The van der Waals surface area contributed by atoms with Gasteiger partial charge in [0, 0.05) is 36.6 Å². The van der Waals surface area contributed by atoms with Gasteiger partial charge in [0.15, 0.2) is 0 Å². The molecule has 2 aliphatic rings. The van der Waals surface area contributed by atoms with Crippen LogP contribution in [-0.4, -0.2) is 35.5 Å². The molecule has 1 saturated heterocycles. The third-order valence-corrected chi connectivity index (χ3v) is 6.06. The second-order valence-electron chi connectivity index (χ2n) is 7.81. The van der Waals surface area contributed by atoms with E-state index >= 15 is 0 Å². The van der Waals surface area contributed by atoms with Crippen molar-refractivity contribution in [2.45, 2.75) is 38.3 Å². The summed E-state index contributed by atoms with van der Waals surface area (Å²) in [6.45, 7) is 5.20. The summed E-state index contributed by atoms with van der Waals surface area (Å²) in [6.07, 6.45) is 1.32. The van der Waals surface area contributed by atoms with Gasteiger partial charge in [0.25, 0.3) is 5.91 Å². The van der Waals surface area contributed by atoms with Crippen molar-refractivity contribution >= 4 is 29.1 Å². The number of piperidine rings is 1.